The van der Waals surface area contributed by atoms with E-state index in [1.165, 1.54) is 6.33 Å². The molecule has 124 valence electrons. The van der Waals surface area contributed by atoms with Crippen molar-refractivity contribution in [1.82, 2.24) is 25.0 Å². The number of aromatic nitrogens is 3. The van der Waals surface area contributed by atoms with Gasteiger partial charge in [-0.3, -0.25) is 14.4 Å². The molecular formula is C15H21N5O3. The molecule has 1 fully saturated rings. The third-order valence-electron chi connectivity index (χ3n) is 3.97. The molecule has 8 nitrogen and oxygen atoms in total. The lowest BCUT2D eigenvalue weighted by Gasteiger charge is -2.36. The topological polar surface area (TPSA) is 85.4 Å². The van der Waals surface area contributed by atoms with Gasteiger partial charge >= 0.3 is 0 Å². The molecule has 0 saturated carbocycles. The molecule has 2 aromatic rings. The lowest BCUT2D eigenvalue weighted by molar-refractivity contribution is -0.129. The summed E-state index contributed by atoms with van der Waals surface area (Å²) in [6, 6.07) is 3.43. The average molecular weight is 319 g/mol. The van der Waals surface area contributed by atoms with Gasteiger partial charge in [-0.05, 0) is 19.1 Å². The van der Waals surface area contributed by atoms with E-state index in [4.69, 9.17) is 9.15 Å². The van der Waals surface area contributed by atoms with Crippen LogP contribution in [0.4, 0.5) is 0 Å². The summed E-state index contributed by atoms with van der Waals surface area (Å²) in [6.07, 6.45) is 4.78. The number of ether oxygens (including phenoxy) is 1. The van der Waals surface area contributed by atoms with Gasteiger partial charge in [0.1, 0.15) is 18.4 Å². The van der Waals surface area contributed by atoms with Gasteiger partial charge in [-0.2, -0.15) is 5.10 Å². The zero-order valence-electron chi connectivity index (χ0n) is 13.1. The van der Waals surface area contributed by atoms with Gasteiger partial charge in [0.2, 0.25) is 5.91 Å². The van der Waals surface area contributed by atoms with Crippen LogP contribution in [-0.4, -0.2) is 57.4 Å². The van der Waals surface area contributed by atoms with Gasteiger partial charge in [0.05, 0.1) is 38.1 Å². The summed E-state index contributed by atoms with van der Waals surface area (Å²) in [5.74, 6) is 0.736. The molecule has 1 amide bonds. The fourth-order valence-electron chi connectivity index (χ4n) is 2.64. The number of carbonyl (C=O) groups is 1. The molecule has 1 aliphatic rings. The Morgan fingerprint density at radius 3 is 3.22 bits per heavy atom. The predicted molar refractivity (Wildman–Crippen MR) is 81.4 cm³/mol. The van der Waals surface area contributed by atoms with Gasteiger partial charge in [0.15, 0.2) is 0 Å². The Morgan fingerprint density at radius 2 is 2.48 bits per heavy atom. The van der Waals surface area contributed by atoms with Crippen LogP contribution in [0.3, 0.4) is 0 Å². The maximum atomic E-state index is 12.3. The molecule has 2 unspecified atom stereocenters. The second-order valence-electron chi connectivity index (χ2n) is 5.58. The standard InChI is InChI=1S/C15H21N5O3/c1-12(15(21)17-7-13-3-2-5-22-13)19-4-6-23-14(8-19)9-20-11-16-10-18-20/h2-3,5,10-12,14H,4,6-9H2,1H3,(H,17,21). The van der Waals surface area contributed by atoms with E-state index < -0.39 is 0 Å². The molecule has 0 spiro atoms. The minimum atomic E-state index is -0.216. The summed E-state index contributed by atoms with van der Waals surface area (Å²) in [5, 5.41) is 6.99. The maximum Gasteiger partial charge on any atom is 0.237 e. The zero-order valence-corrected chi connectivity index (χ0v) is 13.1. The second-order valence-corrected chi connectivity index (χ2v) is 5.58. The molecule has 3 heterocycles. The van der Waals surface area contributed by atoms with Crippen LogP contribution in [0.25, 0.3) is 0 Å². The Kier molecular flexibility index (Phi) is 5.04. The van der Waals surface area contributed by atoms with Gasteiger partial charge in [-0.25, -0.2) is 4.98 Å². The molecule has 23 heavy (non-hydrogen) atoms. The van der Waals surface area contributed by atoms with Crippen molar-refractivity contribution in [1.29, 1.82) is 0 Å². The molecular weight excluding hydrogens is 298 g/mol. The van der Waals surface area contributed by atoms with Gasteiger partial charge in [0.25, 0.3) is 0 Å². The normalized spacial score (nSPS) is 20.3. The first-order chi connectivity index (χ1) is 11.2. The number of nitrogens with zero attached hydrogens (tertiary/aromatic N) is 4. The second kappa shape index (κ2) is 7.38. The number of rotatable bonds is 6. The molecule has 2 atom stereocenters. The maximum absolute atomic E-state index is 12.3. The van der Waals surface area contributed by atoms with Crippen LogP contribution in [0.2, 0.25) is 0 Å². The fraction of sp³-hybridized carbons (Fsp3) is 0.533. The van der Waals surface area contributed by atoms with E-state index in [1.54, 1.807) is 17.3 Å². The van der Waals surface area contributed by atoms with Crippen molar-refractivity contribution in [2.75, 3.05) is 19.7 Å². The number of amides is 1. The smallest absolute Gasteiger partial charge is 0.237 e. The Bertz CT molecular complexity index is 599. The number of nitrogens with one attached hydrogen (secondary N) is 1. The summed E-state index contributed by atoms with van der Waals surface area (Å²) < 4.78 is 12.7. The van der Waals surface area contributed by atoms with E-state index >= 15 is 0 Å². The van der Waals surface area contributed by atoms with Crippen molar-refractivity contribution < 1.29 is 13.9 Å². The lowest BCUT2D eigenvalue weighted by atomic mass is 10.2. The highest BCUT2D eigenvalue weighted by molar-refractivity contribution is 5.81. The number of hydrogen-bond donors (Lipinski definition) is 1. The minimum absolute atomic E-state index is 0.00535. The monoisotopic (exact) mass is 319 g/mol. The minimum Gasteiger partial charge on any atom is -0.467 e. The molecule has 0 radical (unpaired) electrons. The lowest BCUT2D eigenvalue weighted by Crippen LogP contribution is -2.52. The molecule has 0 aliphatic carbocycles. The Balaban J connectivity index is 1.49. The van der Waals surface area contributed by atoms with E-state index in [0.717, 1.165) is 12.3 Å². The van der Waals surface area contributed by atoms with Crippen molar-refractivity contribution in [2.24, 2.45) is 0 Å². The molecule has 1 saturated heterocycles. The largest absolute Gasteiger partial charge is 0.467 e. The number of carbonyl (C=O) groups excluding carboxylic acids is 1. The average Bonchev–Trinajstić information content (AvgIpc) is 3.25. The van der Waals surface area contributed by atoms with Crippen molar-refractivity contribution in [3.63, 3.8) is 0 Å². The molecule has 8 heteroatoms. The van der Waals surface area contributed by atoms with Gasteiger partial charge in [0, 0.05) is 13.1 Å². The van der Waals surface area contributed by atoms with E-state index in [9.17, 15) is 4.79 Å². The van der Waals surface area contributed by atoms with Gasteiger partial charge in [-0.15, -0.1) is 0 Å². The Labute approximate surface area is 134 Å². The van der Waals surface area contributed by atoms with Crippen molar-refractivity contribution in [2.45, 2.75) is 32.2 Å². The summed E-state index contributed by atoms with van der Waals surface area (Å²) >= 11 is 0. The highest BCUT2D eigenvalue weighted by Gasteiger charge is 2.28. The fourth-order valence-corrected chi connectivity index (χ4v) is 2.64. The predicted octanol–water partition coefficient (Wildman–Crippen LogP) is 0.277. The van der Waals surface area contributed by atoms with Crippen LogP contribution >= 0.6 is 0 Å². The molecule has 1 aliphatic heterocycles. The van der Waals surface area contributed by atoms with E-state index in [0.29, 0.717) is 26.2 Å². The van der Waals surface area contributed by atoms with E-state index in [-0.39, 0.29) is 18.1 Å². The number of morpholine rings is 1. The molecule has 2 aromatic heterocycles. The van der Waals surface area contributed by atoms with Crippen molar-refractivity contribution in [3.05, 3.63) is 36.8 Å². The molecule has 0 aromatic carbocycles. The quantitative estimate of drug-likeness (QED) is 0.823. The van der Waals surface area contributed by atoms with Crippen molar-refractivity contribution >= 4 is 5.91 Å². The van der Waals surface area contributed by atoms with Crippen molar-refractivity contribution in [3.8, 4) is 0 Å². The van der Waals surface area contributed by atoms with E-state index in [1.807, 2.05) is 19.1 Å². The van der Waals surface area contributed by atoms with Crippen LogP contribution in [0, 0.1) is 0 Å². The van der Waals surface area contributed by atoms with Gasteiger partial charge < -0.3 is 14.5 Å². The highest BCUT2D eigenvalue weighted by Crippen LogP contribution is 2.11. The SMILES string of the molecule is CC(C(=O)NCc1ccco1)N1CCOC(Cn2cncn2)C1. The van der Waals surface area contributed by atoms with E-state index in [2.05, 4.69) is 20.3 Å². The van der Waals surface area contributed by atoms with Crippen LogP contribution in [0.1, 0.15) is 12.7 Å². The van der Waals surface area contributed by atoms with Crippen LogP contribution in [0.15, 0.2) is 35.5 Å². The third-order valence-corrected chi connectivity index (χ3v) is 3.97. The first-order valence-electron chi connectivity index (χ1n) is 7.70. The summed E-state index contributed by atoms with van der Waals surface area (Å²) in [5.41, 5.74) is 0. The number of furan rings is 1. The first-order valence-corrected chi connectivity index (χ1v) is 7.70. The molecule has 0 bridgehead atoms. The van der Waals surface area contributed by atoms with Crippen LogP contribution in [0.5, 0.6) is 0 Å². The van der Waals surface area contributed by atoms with Gasteiger partial charge in [-0.1, -0.05) is 0 Å². The number of hydrogen-bond acceptors (Lipinski definition) is 6. The Morgan fingerprint density at radius 1 is 1.57 bits per heavy atom. The van der Waals surface area contributed by atoms with Crippen LogP contribution < -0.4 is 5.32 Å². The highest BCUT2D eigenvalue weighted by atomic mass is 16.5. The summed E-state index contributed by atoms with van der Waals surface area (Å²) in [6.45, 7) is 4.99. The summed E-state index contributed by atoms with van der Waals surface area (Å²) in [7, 11) is 0. The Hall–Kier alpha value is -2.19. The van der Waals surface area contributed by atoms with Crippen LogP contribution in [-0.2, 0) is 22.6 Å². The summed E-state index contributed by atoms with van der Waals surface area (Å²) in [4.78, 5) is 18.4. The zero-order chi connectivity index (χ0) is 16.1. The first kappa shape index (κ1) is 15.7. The third kappa shape index (κ3) is 4.17. The molecule has 3 rings (SSSR count). The molecule has 1 N–H and O–H groups in total.